The molecule has 0 saturated heterocycles. The van der Waals surface area contributed by atoms with Crippen LogP contribution in [0.2, 0.25) is 0 Å². The van der Waals surface area contributed by atoms with Gasteiger partial charge < -0.3 is 10.2 Å². The number of aromatic nitrogens is 4. The fourth-order valence-corrected chi connectivity index (χ4v) is 2.51. The Morgan fingerprint density at radius 2 is 2.00 bits per heavy atom. The van der Waals surface area contributed by atoms with E-state index >= 15 is 0 Å². The summed E-state index contributed by atoms with van der Waals surface area (Å²) in [5, 5.41) is 10.5. The average molecular weight is 368 g/mol. The summed E-state index contributed by atoms with van der Waals surface area (Å²) in [6.45, 7) is 5.42. The quantitative estimate of drug-likeness (QED) is 0.847. The van der Waals surface area contributed by atoms with Crippen LogP contribution in [0, 0.1) is 6.92 Å². The lowest BCUT2D eigenvalue weighted by Crippen LogP contribution is -2.29. The summed E-state index contributed by atoms with van der Waals surface area (Å²) >= 11 is 0. The van der Waals surface area contributed by atoms with Crippen LogP contribution >= 0.6 is 0 Å². The van der Waals surface area contributed by atoms with Gasteiger partial charge in [0.2, 0.25) is 5.91 Å². The lowest BCUT2D eigenvalue weighted by atomic mass is 10.2. The minimum atomic E-state index is -2.71. The van der Waals surface area contributed by atoms with Crippen molar-refractivity contribution in [2.75, 3.05) is 19.4 Å². The van der Waals surface area contributed by atoms with Gasteiger partial charge in [-0.15, -0.1) is 0 Å². The molecule has 0 spiro atoms. The van der Waals surface area contributed by atoms with Crippen LogP contribution in [0.15, 0.2) is 12.3 Å². The zero-order valence-electron chi connectivity index (χ0n) is 15.3. The molecule has 2 amide bonds. The molecule has 2 heterocycles. The second kappa shape index (κ2) is 7.63. The van der Waals surface area contributed by atoms with Crippen molar-refractivity contribution in [2.24, 2.45) is 0 Å². The number of hydrogen-bond acceptors (Lipinski definition) is 4. The van der Waals surface area contributed by atoms with Gasteiger partial charge in [0.15, 0.2) is 0 Å². The number of amides is 2. The highest BCUT2D eigenvalue weighted by Crippen LogP contribution is 2.22. The van der Waals surface area contributed by atoms with Crippen molar-refractivity contribution in [3.8, 4) is 0 Å². The fraction of sp³-hybridized carbons (Fsp3) is 0.500. The Balaban J connectivity index is 2.27. The van der Waals surface area contributed by atoms with Gasteiger partial charge in [0.25, 0.3) is 12.3 Å². The van der Waals surface area contributed by atoms with E-state index in [0.717, 1.165) is 0 Å². The fourth-order valence-electron chi connectivity index (χ4n) is 2.51. The van der Waals surface area contributed by atoms with E-state index in [4.69, 9.17) is 0 Å². The van der Waals surface area contributed by atoms with Crippen LogP contribution in [0.1, 0.15) is 48.2 Å². The first-order valence-electron chi connectivity index (χ1n) is 8.09. The second-order valence-corrected chi connectivity index (χ2v) is 6.04. The maximum absolute atomic E-state index is 12.8. The summed E-state index contributed by atoms with van der Waals surface area (Å²) < 4.78 is 28.3. The van der Waals surface area contributed by atoms with E-state index in [0.29, 0.717) is 12.2 Å². The number of alkyl halides is 2. The first-order valence-corrected chi connectivity index (χ1v) is 8.09. The van der Waals surface area contributed by atoms with Crippen LogP contribution in [-0.4, -0.2) is 50.4 Å². The maximum Gasteiger partial charge on any atom is 0.282 e. The number of hydrogen-bond donors (Lipinski definition) is 1. The number of nitrogens with zero attached hydrogens (tertiary/aromatic N) is 5. The minimum Gasteiger partial charge on any atom is -0.343 e. The lowest BCUT2D eigenvalue weighted by molar-refractivity contribution is -0.119. The summed E-state index contributed by atoms with van der Waals surface area (Å²) in [5.74, 6) is -0.789. The third-order valence-corrected chi connectivity index (χ3v) is 3.92. The van der Waals surface area contributed by atoms with Crippen molar-refractivity contribution >= 4 is 17.5 Å². The van der Waals surface area contributed by atoms with Crippen molar-refractivity contribution in [1.29, 1.82) is 0 Å². The van der Waals surface area contributed by atoms with Crippen molar-refractivity contribution in [1.82, 2.24) is 24.5 Å². The van der Waals surface area contributed by atoms with Gasteiger partial charge in [0, 0.05) is 26.3 Å². The number of nitrogens with one attached hydrogen (secondary N) is 1. The molecule has 0 aliphatic carbocycles. The van der Waals surface area contributed by atoms with E-state index in [9.17, 15) is 18.4 Å². The molecule has 0 aliphatic rings. The second-order valence-electron chi connectivity index (χ2n) is 6.04. The predicted octanol–water partition coefficient (Wildman–Crippen LogP) is 2.25. The van der Waals surface area contributed by atoms with Crippen LogP contribution in [-0.2, 0) is 11.3 Å². The van der Waals surface area contributed by atoms with Gasteiger partial charge >= 0.3 is 0 Å². The Bertz CT molecular complexity index is 812. The number of anilines is 1. The smallest absolute Gasteiger partial charge is 0.282 e. The molecule has 8 nitrogen and oxygen atoms in total. The molecule has 1 atom stereocenters. The van der Waals surface area contributed by atoms with Crippen molar-refractivity contribution in [3.63, 3.8) is 0 Å². The number of carbonyl (C=O) groups is 2. The molecule has 26 heavy (non-hydrogen) atoms. The van der Waals surface area contributed by atoms with E-state index in [1.54, 1.807) is 27.9 Å². The van der Waals surface area contributed by atoms with Crippen LogP contribution in [0.3, 0.4) is 0 Å². The van der Waals surface area contributed by atoms with Gasteiger partial charge in [0.05, 0.1) is 11.9 Å². The standard InChI is InChI=1S/C16H22F2N6O2/c1-6-23-13(16(26)22(4)5)12(8-19-23)20-15(25)10(3)24-9(2)7-11(21-24)14(17)18/h7-8,10,14H,6H2,1-5H3,(H,20,25). The summed E-state index contributed by atoms with van der Waals surface area (Å²) in [4.78, 5) is 26.3. The van der Waals surface area contributed by atoms with E-state index in [-0.39, 0.29) is 23.0 Å². The highest BCUT2D eigenvalue weighted by Gasteiger charge is 2.25. The summed E-state index contributed by atoms with van der Waals surface area (Å²) in [6, 6.07) is 0.402. The lowest BCUT2D eigenvalue weighted by Gasteiger charge is -2.16. The van der Waals surface area contributed by atoms with Gasteiger partial charge in [-0.3, -0.25) is 19.0 Å². The average Bonchev–Trinajstić information content (AvgIpc) is 3.16. The largest absolute Gasteiger partial charge is 0.343 e. The third-order valence-electron chi connectivity index (χ3n) is 3.92. The predicted molar refractivity (Wildman–Crippen MR) is 91.2 cm³/mol. The van der Waals surface area contributed by atoms with E-state index in [2.05, 4.69) is 15.5 Å². The van der Waals surface area contributed by atoms with Crippen LogP contribution in [0.5, 0.6) is 0 Å². The van der Waals surface area contributed by atoms with E-state index in [1.165, 1.54) is 26.5 Å². The Labute approximate surface area is 149 Å². The molecule has 142 valence electrons. The molecule has 1 unspecified atom stereocenters. The Morgan fingerprint density at radius 1 is 1.35 bits per heavy atom. The molecular weight excluding hydrogens is 346 g/mol. The van der Waals surface area contributed by atoms with Gasteiger partial charge in [-0.2, -0.15) is 10.2 Å². The topological polar surface area (TPSA) is 85.0 Å². The molecule has 0 aromatic carbocycles. The molecule has 0 radical (unpaired) electrons. The first kappa shape index (κ1) is 19.5. The van der Waals surface area contributed by atoms with Gasteiger partial charge in [-0.25, -0.2) is 8.78 Å². The Morgan fingerprint density at radius 3 is 2.50 bits per heavy atom. The molecule has 2 aromatic heterocycles. The van der Waals surface area contributed by atoms with Crippen molar-refractivity contribution in [2.45, 2.75) is 39.8 Å². The SMILES string of the molecule is CCn1ncc(NC(=O)C(C)n2nc(C(F)F)cc2C)c1C(=O)N(C)C. The third kappa shape index (κ3) is 3.73. The minimum absolute atomic E-state index is 0.253. The number of halogens is 2. The monoisotopic (exact) mass is 368 g/mol. The molecular formula is C16H22F2N6O2. The highest BCUT2D eigenvalue weighted by molar-refractivity contribution is 6.03. The van der Waals surface area contributed by atoms with Gasteiger partial charge in [-0.1, -0.05) is 0 Å². The zero-order chi connectivity index (χ0) is 19.6. The summed E-state index contributed by atoms with van der Waals surface area (Å²) in [5.41, 5.74) is 0.575. The number of rotatable bonds is 6. The highest BCUT2D eigenvalue weighted by atomic mass is 19.3. The van der Waals surface area contributed by atoms with Crippen molar-refractivity contribution in [3.05, 3.63) is 29.3 Å². The van der Waals surface area contributed by atoms with Crippen LogP contribution in [0.4, 0.5) is 14.5 Å². The zero-order valence-corrected chi connectivity index (χ0v) is 15.3. The molecule has 0 bridgehead atoms. The van der Waals surface area contributed by atoms with E-state index < -0.39 is 18.4 Å². The summed E-state index contributed by atoms with van der Waals surface area (Å²) in [6.07, 6.45) is -1.32. The molecule has 0 saturated carbocycles. The molecule has 10 heteroatoms. The van der Waals surface area contributed by atoms with Crippen molar-refractivity contribution < 1.29 is 18.4 Å². The maximum atomic E-state index is 12.8. The number of aryl methyl sites for hydroxylation is 2. The Kier molecular flexibility index (Phi) is 5.73. The van der Waals surface area contributed by atoms with Gasteiger partial charge in [-0.05, 0) is 26.8 Å². The summed E-state index contributed by atoms with van der Waals surface area (Å²) in [7, 11) is 3.20. The number of carbonyl (C=O) groups excluding carboxylic acids is 2. The van der Waals surface area contributed by atoms with Crippen LogP contribution < -0.4 is 5.32 Å². The molecule has 0 fully saturated rings. The molecule has 2 aromatic rings. The van der Waals surface area contributed by atoms with Gasteiger partial charge in [0.1, 0.15) is 17.4 Å². The molecule has 1 N–H and O–H groups in total. The normalized spacial score (nSPS) is 12.3. The van der Waals surface area contributed by atoms with Crippen LogP contribution in [0.25, 0.3) is 0 Å². The molecule has 0 aliphatic heterocycles. The Hall–Kier alpha value is -2.78. The van der Waals surface area contributed by atoms with E-state index in [1.807, 2.05) is 6.92 Å². The first-order chi connectivity index (χ1) is 12.2. The molecule has 2 rings (SSSR count).